The molecule has 0 saturated heterocycles. The third kappa shape index (κ3) is 6.46. The highest BCUT2D eigenvalue weighted by molar-refractivity contribution is 7.79. The van der Waals surface area contributed by atoms with E-state index in [1.807, 2.05) is 25.1 Å². The number of benzene rings is 3. The van der Waals surface area contributed by atoms with Crippen LogP contribution in [-0.4, -0.2) is 35.2 Å². The fourth-order valence-corrected chi connectivity index (χ4v) is 4.30. The van der Waals surface area contributed by atoms with Crippen LogP contribution in [0.4, 0.5) is 17.1 Å². The molecule has 0 fully saturated rings. The van der Waals surface area contributed by atoms with Gasteiger partial charge in [-0.05, 0) is 60.9 Å². The fraction of sp³-hybridized carbons (Fsp3) is 0.269. The molecule has 3 aromatic carbocycles. The number of carbonyl (C=O) groups is 1. The van der Waals surface area contributed by atoms with Gasteiger partial charge in [-0.15, -0.1) is 0 Å². The lowest BCUT2D eigenvalue weighted by Crippen LogP contribution is -2.14. The molecule has 0 bridgehead atoms. The molecule has 0 spiro atoms. The molecule has 0 aliphatic rings. The minimum Gasteiger partial charge on any atom is -0.495 e. The number of nitrogens with one attached hydrogen (secondary N) is 1. The number of hydrogen-bond donors (Lipinski definition) is 4. The molecular weight excluding hydrogens is 482 g/mol. The van der Waals surface area contributed by atoms with Crippen LogP contribution in [0.25, 0.3) is 0 Å². The summed E-state index contributed by atoms with van der Waals surface area (Å²) < 4.78 is 37.3. The third-order valence-electron chi connectivity index (χ3n) is 5.69. The molecule has 0 amide bonds. The van der Waals surface area contributed by atoms with Crippen molar-refractivity contribution in [2.75, 3.05) is 37.2 Å². The van der Waals surface area contributed by atoms with E-state index in [2.05, 4.69) is 5.32 Å². The van der Waals surface area contributed by atoms with Gasteiger partial charge in [-0.3, -0.25) is 4.79 Å². The summed E-state index contributed by atoms with van der Waals surface area (Å²) in [6.45, 7) is 4.03. The van der Waals surface area contributed by atoms with Crippen LogP contribution in [0.15, 0.2) is 59.5 Å². The molecule has 0 heterocycles. The van der Waals surface area contributed by atoms with E-state index in [1.54, 1.807) is 37.3 Å². The third-order valence-corrected chi connectivity index (χ3v) is 6.40. The first kappa shape index (κ1) is 26.8. The highest BCUT2D eigenvalue weighted by Gasteiger charge is 2.22. The quantitative estimate of drug-likeness (QED) is 0.128. The maximum Gasteiger partial charge on any atom is 0.306 e. The Kier molecular flexibility index (Phi) is 9.15. The number of ether oxygens (including phenoxy) is 3. The molecule has 0 saturated carbocycles. The lowest BCUT2D eigenvalue weighted by Gasteiger charge is -2.21. The number of methoxy groups -OCH3 is 1. The van der Waals surface area contributed by atoms with Crippen LogP contribution in [-0.2, 0) is 20.6 Å². The summed E-state index contributed by atoms with van der Waals surface area (Å²) in [7, 11) is 1.51. The topological polar surface area (TPSA) is 146 Å². The number of para-hydroxylation sites is 1. The molecule has 36 heavy (non-hydrogen) atoms. The van der Waals surface area contributed by atoms with Crippen molar-refractivity contribution in [3.8, 4) is 11.5 Å². The average Bonchev–Trinajstić information content (AvgIpc) is 2.86. The van der Waals surface area contributed by atoms with Gasteiger partial charge in [0.15, 0.2) is 17.8 Å². The molecule has 0 aliphatic heterocycles. The smallest absolute Gasteiger partial charge is 0.306 e. The minimum absolute atomic E-state index is 0.0592. The lowest BCUT2D eigenvalue weighted by atomic mass is 9.87. The number of nitrogens with two attached hydrogens (primary N) is 2. The Labute approximate surface area is 213 Å². The average molecular weight is 514 g/mol. The van der Waals surface area contributed by atoms with Crippen molar-refractivity contribution >= 4 is 34.1 Å². The van der Waals surface area contributed by atoms with E-state index in [4.69, 9.17) is 25.7 Å². The van der Waals surface area contributed by atoms with Gasteiger partial charge >= 0.3 is 5.97 Å². The molecule has 2 unspecified atom stereocenters. The van der Waals surface area contributed by atoms with Gasteiger partial charge in [-0.2, -0.15) is 0 Å². The van der Waals surface area contributed by atoms with Crippen molar-refractivity contribution in [2.24, 2.45) is 0 Å². The first-order valence-electron chi connectivity index (χ1n) is 11.3. The van der Waals surface area contributed by atoms with E-state index < -0.39 is 11.1 Å². The first-order chi connectivity index (χ1) is 17.2. The maximum atomic E-state index is 12.5. The van der Waals surface area contributed by atoms with Crippen LogP contribution < -0.4 is 26.3 Å². The second-order valence-corrected chi connectivity index (χ2v) is 8.96. The van der Waals surface area contributed by atoms with Crippen LogP contribution in [0.3, 0.4) is 0 Å². The van der Waals surface area contributed by atoms with Crippen molar-refractivity contribution in [1.82, 2.24) is 0 Å². The second kappa shape index (κ2) is 12.3. The van der Waals surface area contributed by atoms with Crippen molar-refractivity contribution in [3.05, 3.63) is 71.3 Å². The van der Waals surface area contributed by atoms with Crippen molar-refractivity contribution in [1.29, 1.82) is 0 Å². The van der Waals surface area contributed by atoms with Crippen molar-refractivity contribution < 1.29 is 27.8 Å². The van der Waals surface area contributed by atoms with Gasteiger partial charge in [0.1, 0.15) is 16.4 Å². The molecule has 0 aliphatic carbocycles. The van der Waals surface area contributed by atoms with E-state index in [9.17, 15) is 13.6 Å². The summed E-state index contributed by atoms with van der Waals surface area (Å²) in [5.74, 6) is 0.0197. The second-order valence-electron chi connectivity index (χ2n) is 8.02. The first-order valence-corrected chi connectivity index (χ1v) is 12.4. The van der Waals surface area contributed by atoms with E-state index in [0.717, 1.165) is 22.4 Å². The number of rotatable bonds is 11. The van der Waals surface area contributed by atoms with E-state index in [1.165, 1.54) is 13.2 Å². The van der Waals surface area contributed by atoms with Gasteiger partial charge in [0.2, 0.25) is 0 Å². The van der Waals surface area contributed by atoms with E-state index in [0.29, 0.717) is 22.9 Å². The van der Waals surface area contributed by atoms with Gasteiger partial charge in [-0.25, -0.2) is 4.21 Å². The molecule has 3 rings (SSSR count). The van der Waals surface area contributed by atoms with E-state index >= 15 is 0 Å². The van der Waals surface area contributed by atoms with Crippen LogP contribution in [0, 0.1) is 6.92 Å². The predicted octanol–water partition coefficient (Wildman–Crippen LogP) is 4.28. The minimum atomic E-state index is -2.16. The summed E-state index contributed by atoms with van der Waals surface area (Å²) in [5.41, 5.74) is 16.2. The summed E-state index contributed by atoms with van der Waals surface area (Å²) in [5, 5.41) is 3.21. The molecule has 0 radical (unpaired) electrons. The Bertz CT molecular complexity index is 1250. The Balaban J connectivity index is 1.90. The molecule has 192 valence electrons. The van der Waals surface area contributed by atoms with Gasteiger partial charge in [0, 0.05) is 11.6 Å². The molecule has 9 nitrogen and oxygen atoms in total. The summed E-state index contributed by atoms with van der Waals surface area (Å²) in [6.07, 6.45) is 0.0923. The molecule has 3 aromatic rings. The number of aryl methyl sites for hydroxylation is 1. The standard InChI is InChI=1S/C26H31N3O6S/c1-4-34-25(30)14-19(18-11-20(27)26(28)23(13-18)33-3)17-10-9-16(2)21(12-17)29-15-35-22-7-5-6-8-24(22)36(31)32/h5-13,19,29H,4,14-15,27-28H2,1-3H3,(H,31,32). The Morgan fingerprint density at radius 1 is 1.08 bits per heavy atom. The Morgan fingerprint density at radius 2 is 1.83 bits per heavy atom. The van der Waals surface area contributed by atoms with E-state index in [-0.39, 0.29) is 36.5 Å². The SMILES string of the molecule is CCOC(=O)CC(c1ccc(C)c(NCOc2ccccc2S(=O)O)c1)c1cc(N)c(N)c(OC)c1. The largest absolute Gasteiger partial charge is 0.495 e. The maximum absolute atomic E-state index is 12.5. The van der Waals surface area contributed by atoms with Gasteiger partial charge in [0.25, 0.3) is 0 Å². The summed E-state index contributed by atoms with van der Waals surface area (Å²) >= 11 is -2.16. The molecule has 0 aromatic heterocycles. The molecule has 2 atom stereocenters. The van der Waals surface area contributed by atoms with Crippen LogP contribution >= 0.6 is 0 Å². The van der Waals surface area contributed by atoms with Gasteiger partial charge in [0.05, 0.1) is 31.5 Å². The van der Waals surface area contributed by atoms with Crippen LogP contribution in [0.5, 0.6) is 11.5 Å². The number of hydrogen-bond acceptors (Lipinski definition) is 8. The monoisotopic (exact) mass is 513 g/mol. The zero-order chi connectivity index (χ0) is 26.2. The van der Waals surface area contributed by atoms with Gasteiger partial charge in [-0.1, -0.05) is 24.3 Å². The van der Waals surface area contributed by atoms with Crippen LogP contribution in [0.2, 0.25) is 0 Å². The number of nitrogen functional groups attached to an aromatic ring is 2. The Morgan fingerprint density at radius 3 is 2.53 bits per heavy atom. The normalized spacial score (nSPS) is 12.4. The van der Waals surface area contributed by atoms with Crippen molar-refractivity contribution in [2.45, 2.75) is 31.1 Å². The van der Waals surface area contributed by atoms with Crippen molar-refractivity contribution in [3.63, 3.8) is 0 Å². The molecule has 6 N–H and O–H groups in total. The number of anilines is 3. The lowest BCUT2D eigenvalue weighted by molar-refractivity contribution is -0.143. The Hall–Kier alpha value is -3.76. The van der Waals surface area contributed by atoms with Crippen LogP contribution in [0.1, 0.15) is 36.0 Å². The highest BCUT2D eigenvalue weighted by Crippen LogP contribution is 2.37. The summed E-state index contributed by atoms with van der Waals surface area (Å²) in [4.78, 5) is 12.7. The predicted molar refractivity (Wildman–Crippen MR) is 141 cm³/mol. The fourth-order valence-electron chi connectivity index (χ4n) is 3.81. The highest BCUT2D eigenvalue weighted by atomic mass is 32.2. The zero-order valence-electron chi connectivity index (χ0n) is 20.4. The summed E-state index contributed by atoms with van der Waals surface area (Å²) in [6, 6.07) is 15.9. The zero-order valence-corrected chi connectivity index (χ0v) is 21.3. The molecular formula is C26H31N3O6S. The number of carbonyl (C=O) groups excluding carboxylic acids is 1. The molecule has 10 heteroatoms. The number of esters is 1. The van der Waals surface area contributed by atoms with Gasteiger partial charge < -0.3 is 35.5 Å².